The SMILES string of the molecule is CC[C@H](NS(=O)(=O)c1cccc(CSCCCNC(=O)c2ccc(S(C)(=O)=O)s2)c1)C(=O)OC.OO. The highest BCUT2D eigenvalue weighted by atomic mass is 32.2. The van der Waals surface area contributed by atoms with Crippen LogP contribution in [0.1, 0.15) is 35.0 Å². The lowest BCUT2D eigenvalue weighted by Crippen LogP contribution is -2.40. The number of sulfone groups is 1. The van der Waals surface area contributed by atoms with E-state index in [1.165, 1.54) is 25.3 Å². The van der Waals surface area contributed by atoms with E-state index in [0.717, 1.165) is 28.9 Å². The van der Waals surface area contributed by atoms with Gasteiger partial charge in [0.25, 0.3) is 5.91 Å². The minimum absolute atomic E-state index is 0.0737. The lowest BCUT2D eigenvalue weighted by molar-refractivity contribution is -0.176. The molecule has 0 bridgehead atoms. The van der Waals surface area contributed by atoms with Crippen LogP contribution in [0.3, 0.4) is 0 Å². The summed E-state index contributed by atoms with van der Waals surface area (Å²) in [5.41, 5.74) is 0.815. The van der Waals surface area contributed by atoms with E-state index in [2.05, 4.69) is 14.8 Å². The smallest absolute Gasteiger partial charge is 0.323 e. The Hall–Kier alpha value is -2.01. The van der Waals surface area contributed by atoms with Crippen molar-refractivity contribution in [2.75, 3.05) is 25.7 Å². The number of rotatable bonds is 13. The molecule has 4 N–H and O–H groups in total. The molecule has 0 aliphatic carbocycles. The van der Waals surface area contributed by atoms with Gasteiger partial charge in [-0.1, -0.05) is 19.1 Å². The second kappa shape index (κ2) is 15.3. The first-order valence-corrected chi connectivity index (χ1v) is 15.9. The molecule has 0 fully saturated rings. The molecule has 1 heterocycles. The molecule has 0 unspecified atom stereocenters. The number of ether oxygens (including phenoxy) is 1. The third kappa shape index (κ3) is 10.2. The van der Waals surface area contributed by atoms with Crippen molar-refractivity contribution in [3.8, 4) is 0 Å². The zero-order valence-corrected chi connectivity index (χ0v) is 23.2. The minimum atomic E-state index is -3.88. The number of nitrogens with one attached hydrogen (secondary N) is 2. The van der Waals surface area contributed by atoms with Gasteiger partial charge in [0.15, 0.2) is 9.84 Å². The van der Waals surface area contributed by atoms with Gasteiger partial charge < -0.3 is 10.1 Å². The van der Waals surface area contributed by atoms with E-state index in [0.29, 0.717) is 23.6 Å². The predicted octanol–water partition coefficient (Wildman–Crippen LogP) is 2.45. The molecule has 0 aliphatic heterocycles. The van der Waals surface area contributed by atoms with Gasteiger partial charge in [0.05, 0.1) is 16.9 Å². The molecule has 0 saturated carbocycles. The average molecular weight is 583 g/mol. The molecule has 1 amide bonds. The lowest BCUT2D eigenvalue weighted by atomic mass is 10.2. The number of sulfonamides is 1. The zero-order chi connectivity index (χ0) is 27.4. The van der Waals surface area contributed by atoms with Crippen LogP contribution in [0, 0.1) is 0 Å². The maximum Gasteiger partial charge on any atom is 0.323 e. The Kier molecular flexibility index (Phi) is 13.6. The fraction of sp³-hybridized carbons (Fsp3) is 0.429. The number of carbonyl (C=O) groups is 2. The Morgan fingerprint density at radius 1 is 1.14 bits per heavy atom. The lowest BCUT2D eigenvalue weighted by Gasteiger charge is -2.15. The molecular formula is C21H30N2O9S4. The summed E-state index contributed by atoms with van der Waals surface area (Å²) in [7, 11) is -5.99. The average Bonchev–Trinajstić information content (AvgIpc) is 3.37. The number of thiophene rings is 1. The van der Waals surface area contributed by atoms with Crippen LogP contribution in [0.5, 0.6) is 0 Å². The normalized spacial score (nSPS) is 12.2. The first-order chi connectivity index (χ1) is 17.0. The van der Waals surface area contributed by atoms with E-state index >= 15 is 0 Å². The summed E-state index contributed by atoms with van der Waals surface area (Å²) in [5, 5.41) is 14.8. The summed E-state index contributed by atoms with van der Waals surface area (Å²) in [6.07, 6.45) is 2.06. The molecule has 0 radical (unpaired) electrons. The van der Waals surface area contributed by atoms with Crippen LogP contribution < -0.4 is 10.0 Å². The van der Waals surface area contributed by atoms with Crippen LogP contribution in [-0.4, -0.2) is 70.9 Å². The van der Waals surface area contributed by atoms with Crippen molar-refractivity contribution < 1.29 is 41.7 Å². The number of methoxy groups -OCH3 is 1. The van der Waals surface area contributed by atoms with E-state index in [9.17, 15) is 26.4 Å². The van der Waals surface area contributed by atoms with Gasteiger partial charge in [-0.15, -0.1) is 11.3 Å². The number of hydrogen-bond donors (Lipinski definition) is 4. The summed E-state index contributed by atoms with van der Waals surface area (Å²) in [6, 6.07) is 8.47. The summed E-state index contributed by atoms with van der Waals surface area (Å²) in [6.45, 7) is 2.12. The molecule has 1 aromatic carbocycles. The Balaban J connectivity index is 0.00000316. The Morgan fingerprint density at radius 3 is 2.42 bits per heavy atom. The Bertz CT molecular complexity index is 1210. The second-order valence-electron chi connectivity index (χ2n) is 7.31. The molecule has 2 rings (SSSR count). The van der Waals surface area contributed by atoms with Gasteiger partial charge in [0, 0.05) is 18.6 Å². The maximum atomic E-state index is 12.6. The van der Waals surface area contributed by atoms with Gasteiger partial charge in [-0.05, 0) is 48.4 Å². The highest BCUT2D eigenvalue weighted by molar-refractivity contribution is 7.98. The fourth-order valence-corrected chi connectivity index (χ4v) is 6.88. The summed E-state index contributed by atoms with van der Waals surface area (Å²) < 4.78 is 55.4. The molecule has 0 saturated heterocycles. The van der Waals surface area contributed by atoms with E-state index in [1.807, 2.05) is 6.07 Å². The highest BCUT2D eigenvalue weighted by Crippen LogP contribution is 2.21. The molecule has 0 aliphatic rings. The van der Waals surface area contributed by atoms with E-state index in [-0.39, 0.29) is 21.4 Å². The minimum Gasteiger partial charge on any atom is -0.468 e. The molecule has 1 atom stereocenters. The van der Waals surface area contributed by atoms with Gasteiger partial charge in [0.2, 0.25) is 10.0 Å². The van der Waals surface area contributed by atoms with Crippen molar-refractivity contribution in [1.82, 2.24) is 10.0 Å². The monoisotopic (exact) mass is 582 g/mol. The zero-order valence-electron chi connectivity index (χ0n) is 20.0. The molecule has 1 aromatic heterocycles. The predicted molar refractivity (Wildman–Crippen MR) is 139 cm³/mol. The maximum absolute atomic E-state index is 12.6. The number of esters is 1. The first-order valence-electron chi connectivity index (χ1n) is 10.5. The molecule has 15 heteroatoms. The van der Waals surface area contributed by atoms with E-state index < -0.39 is 31.9 Å². The van der Waals surface area contributed by atoms with Crippen LogP contribution >= 0.6 is 23.1 Å². The van der Waals surface area contributed by atoms with Crippen LogP contribution in [0.4, 0.5) is 0 Å². The van der Waals surface area contributed by atoms with Crippen molar-refractivity contribution in [1.29, 1.82) is 0 Å². The number of benzene rings is 1. The summed E-state index contributed by atoms with van der Waals surface area (Å²) >= 11 is 2.53. The van der Waals surface area contributed by atoms with Crippen LogP contribution in [0.2, 0.25) is 0 Å². The van der Waals surface area contributed by atoms with Crippen molar-refractivity contribution in [2.45, 2.75) is 40.7 Å². The van der Waals surface area contributed by atoms with Crippen molar-refractivity contribution in [3.63, 3.8) is 0 Å². The van der Waals surface area contributed by atoms with Gasteiger partial charge in [0.1, 0.15) is 10.3 Å². The quantitative estimate of drug-likeness (QED) is 0.119. The Morgan fingerprint density at radius 2 is 1.83 bits per heavy atom. The van der Waals surface area contributed by atoms with Gasteiger partial charge >= 0.3 is 5.97 Å². The number of hydrogen-bond acceptors (Lipinski definition) is 11. The van der Waals surface area contributed by atoms with Crippen molar-refractivity contribution in [3.05, 3.63) is 46.8 Å². The summed E-state index contributed by atoms with van der Waals surface area (Å²) in [4.78, 5) is 24.3. The molecule has 2 aromatic rings. The van der Waals surface area contributed by atoms with Crippen LogP contribution in [0.15, 0.2) is 45.5 Å². The van der Waals surface area contributed by atoms with Crippen LogP contribution in [0.25, 0.3) is 0 Å². The molecule has 0 spiro atoms. The molecule has 36 heavy (non-hydrogen) atoms. The standard InChI is InChI=1S/C21H28N2O7S4.H2O2/c1-4-17(21(25)30-2)23-34(28,29)16-8-5-7-15(13-16)14-31-12-6-11-22-20(24)18-9-10-19(32-18)33(3,26)27;1-2/h5,7-10,13,17,23H,4,6,11-12,14H2,1-3H3,(H,22,24);1-2H/t17-;/m0./s1. The molecular weight excluding hydrogens is 553 g/mol. The van der Waals surface area contributed by atoms with Gasteiger partial charge in [-0.25, -0.2) is 16.8 Å². The summed E-state index contributed by atoms with van der Waals surface area (Å²) in [5.74, 6) is 0.357. The molecule has 11 nitrogen and oxygen atoms in total. The third-order valence-corrected chi connectivity index (χ3v) is 10.1. The third-order valence-electron chi connectivity index (χ3n) is 4.59. The topological polar surface area (TPSA) is 176 Å². The number of thioether (sulfide) groups is 1. The van der Waals surface area contributed by atoms with E-state index in [1.54, 1.807) is 30.8 Å². The highest BCUT2D eigenvalue weighted by Gasteiger charge is 2.25. The van der Waals surface area contributed by atoms with Gasteiger partial charge in [-0.3, -0.25) is 20.1 Å². The molecule has 202 valence electrons. The second-order valence-corrected chi connectivity index (χ2v) is 13.5. The van der Waals surface area contributed by atoms with Crippen molar-refractivity contribution in [2.24, 2.45) is 0 Å². The van der Waals surface area contributed by atoms with Crippen molar-refractivity contribution >= 4 is 54.8 Å². The first kappa shape index (κ1) is 32.0. The number of carbonyl (C=O) groups excluding carboxylic acids is 2. The largest absolute Gasteiger partial charge is 0.468 e. The Labute approximate surface area is 219 Å². The van der Waals surface area contributed by atoms with Gasteiger partial charge in [-0.2, -0.15) is 16.5 Å². The van der Waals surface area contributed by atoms with E-state index in [4.69, 9.17) is 10.5 Å². The van der Waals surface area contributed by atoms with Crippen LogP contribution in [-0.2, 0) is 35.1 Å². The number of amides is 1. The fourth-order valence-electron chi connectivity index (χ4n) is 2.79.